The molecular weight excluding hydrogens is 532 g/mol. The third-order valence-electron chi connectivity index (χ3n) is 12.9. The molecule has 6 bridgehead atoms. The van der Waals surface area contributed by atoms with Gasteiger partial charge in [0.1, 0.15) is 23.6 Å². The van der Waals surface area contributed by atoms with Gasteiger partial charge in [-0.1, -0.05) is 32.9 Å². The van der Waals surface area contributed by atoms with Gasteiger partial charge in [0.2, 0.25) is 0 Å². The van der Waals surface area contributed by atoms with Crippen molar-refractivity contribution in [1.29, 1.82) is 0 Å². The first kappa shape index (κ1) is 28.2. The predicted molar refractivity (Wildman–Crippen MR) is 154 cm³/mol. The van der Waals surface area contributed by atoms with E-state index in [1.54, 1.807) is 0 Å². The Hall–Kier alpha value is -2.57. The van der Waals surface area contributed by atoms with Crippen molar-refractivity contribution in [2.24, 2.45) is 46.3 Å². The Bertz CT molecular complexity index is 1230. The Morgan fingerprint density at radius 2 is 1.64 bits per heavy atom. The van der Waals surface area contributed by atoms with Crippen molar-refractivity contribution in [2.45, 2.75) is 110 Å². The van der Waals surface area contributed by atoms with Crippen molar-refractivity contribution in [2.75, 3.05) is 6.61 Å². The molecule has 0 radical (unpaired) electrons. The monoisotopic (exact) mass is 578 g/mol. The normalized spacial score (nSPS) is 41.5. The van der Waals surface area contributed by atoms with E-state index < -0.39 is 41.1 Å². The van der Waals surface area contributed by atoms with Crippen LogP contribution in [-0.2, 0) is 28.6 Å². The van der Waals surface area contributed by atoms with Crippen LogP contribution in [0.4, 0.5) is 0 Å². The van der Waals surface area contributed by atoms with Crippen LogP contribution in [0.5, 0.6) is 5.75 Å². The summed E-state index contributed by atoms with van der Waals surface area (Å²) in [4.78, 5) is 40.6. The van der Waals surface area contributed by atoms with Crippen LogP contribution in [0.15, 0.2) is 24.3 Å². The molecule has 1 aromatic rings. The molecule has 228 valence electrons. The van der Waals surface area contributed by atoms with Gasteiger partial charge >= 0.3 is 17.9 Å². The summed E-state index contributed by atoms with van der Waals surface area (Å²) in [5.41, 5.74) is -0.741. The number of carbonyl (C=O) groups excluding carboxylic acids is 3. The Morgan fingerprint density at radius 1 is 1.02 bits per heavy atom. The van der Waals surface area contributed by atoms with Crippen LogP contribution in [0, 0.1) is 46.3 Å². The minimum Gasteiger partial charge on any atom is -0.482 e. The number of rotatable bonds is 9. The van der Waals surface area contributed by atoms with Gasteiger partial charge < -0.3 is 18.9 Å². The van der Waals surface area contributed by atoms with Crippen LogP contribution in [0.25, 0.3) is 0 Å². The van der Waals surface area contributed by atoms with Gasteiger partial charge in [0, 0.05) is 17.3 Å². The summed E-state index contributed by atoms with van der Waals surface area (Å²) in [7, 11) is 0. The summed E-state index contributed by atoms with van der Waals surface area (Å²) >= 11 is 0. The van der Waals surface area contributed by atoms with Crippen LogP contribution < -0.4 is 4.74 Å². The third-order valence-corrected chi connectivity index (χ3v) is 12.9. The Labute approximate surface area is 249 Å². The molecule has 7 atom stereocenters. The highest BCUT2D eigenvalue weighted by Gasteiger charge is 2.79. The lowest BCUT2D eigenvalue weighted by Crippen LogP contribution is -2.59. The molecule has 0 N–H and O–H groups in total. The number of hydrogen-bond donors (Lipinski definition) is 0. The van der Waals surface area contributed by atoms with Crippen LogP contribution >= 0.6 is 0 Å². The highest BCUT2D eigenvalue weighted by atomic mass is 16.6. The zero-order valence-electron chi connectivity index (χ0n) is 25.7. The maximum Gasteiger partial charge on any atom is 0.344 e. The van der Waals surface area contributed by atoms with E-state index in [1.807, 2.05) is 31.2 Å². The van der Waals surface area contributed by atoms with E-state index in [9.17, 15) is 14.4 Å². The molecule has 7 nitrogen and oxygen atoms in total. The lowest BCUT2D eigenvalue weighted by atomic mass is 9.46. The van der Waals surface area contributed by atoms with E-state index >= 15 is 0 Å². The second-order valence-corrected chi connectivity index (χ2v) is 15.3. The van der Waals surface area contributed by atoms with Crippen molar-refractivity contribution < 1.29 is 33.3 Å². The Balaban J connectivity index is 1.02. The topological polar surface area (TPSA) is 88.1 Å². The molecule has 7 unspecified atom stereocenters. The standard InChI is InChI=1S/C35H46O7/c1-6-19(2)24-7-9-25(10-8-24)39-18-28(36)40-29-26-14-27-30(29)41-31(37)35(27,20(26)3)32(38)42-33(4,5)34-15-21-11-22(16-34)13-23(12-21)17-34/h7-10,19-23,26-27,29-30H,6,11-18H2,1-5H3. The highest BCUT2D eigenvalue weighted by Crippen LogP contribution is 2.68. The first-order valence-corrected chi connectivity index (χ1v) is 16.3. The van der Waals surface area contributed by atoms with Gasteiger partial charge in [0.15, 0.2) is 12.0 Å². The summed E-state index contributed by atoms with van der Waals surface area (Å²) in [6.45, 7) is 10.2. The number of fused-ring (bicyclic) bond motifs is 1. The van der Waals surface area contributed by atoms with Crippen molar-refractivity contribution in [3.05, 3.63) is 29.8 Å². The lowest BCUT2D eigenvalue weighted by molar-refractivity contribution is -0.211. The van der Waals surface area contributed by atoms with E-state index in [-0.39, 0.29) is 29.8 Å². The number of ether oxygens (including phenoxy) is 4. The van der Waals surface area contributed by atoms with Crippen LogP contribution in [0.3, 0.4) is 0 Å². The zero-order chi connectivity index (χ0) is 29.6. The highest BCUT2D eigenvalue weighted by molar-refractivity contribution is 6.03. The summed E-state index contributed by atoms with van der Waals surface area (Å²) in [6.07, 6.45) is 7.77. The molecule has 1 aliphatic heterocycles. The van der Waals surface area contributed by atoms with E-state index in [0.29, 0.717) is 18.1 Å². The van der Waals surface area contributed by atoms with Crippen molar-refractivity contribution in [1.82, 2.24) is 0 Å². The lowest BCUT2D eigenvalue weighted by Gasteiger charge is -2.61. The third kappa shape index (κ3) is 4.00. The zero-order valence-corrected chi connectivity index (χ0v) is 25.7. The van der Waals surface area contributed by atoms with Crippen LogP contribution in [-0.4, -0.2) is 42.3 Å². The summed E-state index contributed by atoms with van der Waals surface area (Å²) in [5, 5.41) is 0. The van der Waals surface area contributed by atoms with E-state index in [0.717, 1.165) is 43.4 Å². The van der Waals surface area contributed by atoms with Crippen LogP contribution in [0.1, 0.15) is 97.5 Å². The molecule has 6 aliphatic carbocycles. The largest absolute Gasteiger partial charge is 0.482 e. The minimum absolute atomic E-state index is 0.0105. The van der Waals surface area contributed by atoms with Crippen molar-refractivity contribution in [3.8, 4) is 5.75 Å². The van der Waals surface area contributed by atoms with Crippen molar-refractivity contribution in [3.63, 3.8) is 0 Å². The van der Waals surface area contributed by atoms with Gasteiger partial charge in [0.25, 0.3) is 0 Å². The van der Waals surface area contributed by atoms with Gasteiger partial charge in [-0.2, -0.15) is 0 Å². The Kier molecular flexibility index (Phi) is 6.53. The SMILES string of the molecule is CCC(C)c1ccc(OCC(=O)OC2C3CC4C2OC(=O)C4(C(=O)OC(C)(C)C24CC5CC(CC(C5)C2)C4)C3C)cc1. The first-order chi connectivity index (χ1) is 20.0. The fourth-order valence-corrected chi connectivity index (χ4v) is 10.7. The maximum atomic E-state index is 14.2. The minimum atomic E-state index is -1.31. The number of hydrogen-bond acceptors (Lipinski definition) is 7. The number of benzene rings is 1. The average molecular weight is 579 g/mol. The Morgan fingerprint density at radius 3 is 2.24 bits per heavy atom. The molecule has 7 heteroatoms. The fraction of sp³-hybridized carbons (Fsp3) is 0.743. The van der Waals surface area contributed by atoms with Gasteiger partial charge in [0.05, 0.1) is 0 Å². The molecule has 0 spiro atoms. The molecule has 1 heterocycles. The van der Waals surface area contributed by atoms with Crippen LogP contribution in [0.2, 0.25) is 0 Å². The van der Waals surface area contributed by atoms with Gasteiger partial charge in [-0.15, -0.1) is 0 Å². The molecular formula is C35H46O7. The quantitative estimate of drug-likeness (QED) is 0.195. The van der Waals surface area contributed by atoms with Crippen molar-refractivity contribution >= 4 is 17.9 Å². The second kappa shape index (κ2) is 9.72. The smallest absolute Gasteiger partial charge is 0.344 e. The molecule has 0 amide bonds. The molecule has 6 saturated carbocycles. The van der Waals surface area contributed by atoms with E-state index in [2.05, 4.69) is 27.7 Å². The summed E-state index contributed by atoms with van der Waals surface area (Å²) in [6, 6.07) is 7.79. The number of carbonyl (C=O) groups is 3. The molecule has 1 saturated heterocycles. The number of esters is 3. The average Bonchev–Trinajstić information content (AvgIpc) is 3.52. The second-order valence-electron chi connectivity index (χ2n) is 15.3. The predicted octanol–water partition coefficient (Wildman–Crippen LogP) is 6.23. The van der Waals surface area contributed by atoms with Gasteiger partial charge in [-0.3, -0.25) is 9.59 Å². The molecule has 7 aliphatic rings. The molecule has 7 fully saturated rings. The molecule has 0 aromatic heterocycles. The van der Waals surface area contributed by atoms with Gasteiger partial charge in [-0.25, -0.2) is 4.79 Å². The van der Waals surface area contributed by atoms with E-state index in [4.69, 9.17) is 18.9 Å². The van der Waals surface area contributed by atoms with Gasteiger partial charge in [-0.05, 0) is 112 Å². The summed E-state index contributed by atoms with van der Waals surface area (Å²) in [5.74, 6) is 1.04. The molecule has 8 rings (SSSR count). The summed E-state index contributed by atoms with van der Waals surface area (Å²) < 4.78 is 24.0. The maximum absolute atomic E-state index is 14.2. The fourth-order valence-electron chi connectivity index (χ4n) is 10.7. The molecule has 42 heavy (non-hydrogen) atoms. The van der Waals surface area contributed by atoms with E-state index in [1.165, 1.54) is 24.8 Å². The molecule has 1 aromatic carbocycles. The first-order valence-electron chi connectivity index (χ1n) is 16.3.